The molecule has 3 rings (SSSR count). The molecule has 7 heteroatoms. The number of benzene rings is 1. The molecule has 2 fully saturated rings. The molecule has 1 aromatic carbocycles. The number of nitrogens with one attached hydrogen (secondary N) is 1. The monoisotopic (exact) mass is 355 g/mol. The zero-order valence-corrected chi connectivity index (χ0v) is 14.6. The fourth-order valence-corrected chi connectivity index (χ4v) is 2.76. The van der Waals surface area contributed by atoms with E-state index in [1.54, 1.807) is 18.2 Å². The summed E-state index contributed by atoms with van der Waals surface area (Å²) < 4.78 is 22.2. The van der Waals surface area contributed by atoms with Crippen molar-refractivity contribution < 1.29 is 23.7 Å². The largest absolute Gasteiger partial charge is 0.493 e. The molecule has 1 atom stereocenters. The van der Waals surface area contributed by atoms with Gasteiger partial charge in [0.2, 0.25) is 5.91 Å². The lowest BCUT2D eigenvalue weighted by atomic mass is 9.92. The van der Waals surface area contributed by atoms with Crippen LogP contribution >= 0.6 is 11.6 Å². The topological polar surface area (TPSA) is 66.0 Å². The van der Waals surface area contributed by atoms with Crippen molar-refractivity contribution in [3.8, 4) is 5.75 Å². The van der Waals surface area contributed by atoms with Gasteiger partial charge in [-0.15, -0.1) is 0 Å². The van der Waals surface area contributed by atoms with E-state index in [-0.39, 0.29) is 12.2 Å². The van der Waals surface area contributed by atoms with Crippen LogP contribution in [-0.2, 0) is 19.0 Å². The SMILES string of the molecule is CC1(C)CO[C@@H](c2cc(OCCC3OCCO3)ccc2Cl)NC1=O. The highest BCUT2D eigenvalue weighted by Gasteiger charge is 2.36. The molecule has 2 saturated heterocycles. The van der Waals surface area contributed by atoms with Gasteiger partial charge in [-0.3, -0.25) is 4.79 Å². The number of halogens is 1. The molecule has 2 heterocycles. The van der Waals surface area contributed by atoms with Gasteiger partial charge in [0.25, 0.3) is 0 Å². The zero-order valence-electron chi connectivity index (χ0n) is 13.8. The second-order valence-electron chi connectivity index (χ2n) is 6.54. The number of amides is 1. The van der Waals surface area contributed by atoms with E-state index in [0.29, 0.717) is 49.2 Å². The lowest BCUT2D eigenvalue weighted by Crippen LogP contribution is -2.48. The van der Waals surface area contributed by atoms with Crippen LogP contribution < -0.4 is 10.1 Å². The van der Waals surface area contributed by atoms with Gasteiger partial charge in [0.1, 0.15) is 5.75 Å². The summed E-state index contributed by atoms with van der Waals surface area (Å²) in [5.74, 6) is 0.603. The number of hydrogen-bond donors (Lipinski definition) is 1. The molecule has 0 unspecified atom stereocenters. The van der Waals surface area contributed by atoms with E-state index >= 15 is 0 Å². The van der Waals surface area contributed by atoms with Crippen molar-refractivity contribution in [3.05, 3.63) is 28.8 Å². The Bertz CT molecular complexity index is 601. The number of rotatable bonds is 5. The number of hydrogen-bond acceptors (Lipinski definition) is 5. The molecule has 0 radical (unpaired) electrons. The Morgan fingerprint density at radius 3 is 2.75 bits per heavy atom. The van der Waals surface area contributed by atoms with Gasteiger partial charge in [0.15, 0.2) is 12.5 Å². The molecule has 0 bridgehead atoms. The second-order valence-corrected chi connectivity index (χ2v) is 6.95. The summed E-state index contributed by atoms with van der Waals surface area (Å²) in [6.45, 7) is 5.74. The van der Waals surface area contributed by atoms with Crippen LogP contribution in [0.3, 0.4) is 0 Å². The predicted octanol–water partition coefficient (Wildman–Crippen LogP) is 2.65. The van der Waals surface area contributed by atoms with E-state index in [2.05, 4.69) is 5.32 Å². The van der Waals surface area contributed by atoms with Gasteiger partial charge in [0, 0.05) is 17.0 Å². The highest BCUT2D eigenvalue weighted by atomic mass is 35.5. The minimum atomic E-state index is -0.567. The van der Waals surface area contributed by atoms with Crippen molar-refractivity contribution >= 4 is 17.5 Å². The highest BCUT2D eigenvalue weighted by Crippen LogP contribution is 2.33. The van der Waals surface area contributed by atoms with Crippen LogP contribution in [0.5, 0.6) is 5.75 Å². The average Bonchev–Trinajstić information content (AvgIpc) is 3.05. The molecule has 1 amide bonds. The first-order valence-electron chi connectivity index (χ1n) is 8.04. The summed E-state index contributed by atoms with van der Waals surface area (Å²) in [5.41, 5.74) is 0.143. The van der Waals surface area contributed by atoms with Crippen LogP contribution in [0.1, 0.15) is 32.1 Å². The minimum absolute atomic E-state index is 0.0586. The lowest BCUT2D eigenvalue weighted by molar-refractivity contribution is -0.150. The highest BCUT2D eigenvalue weighted by molar-refractivity contribution is 6.31. The number of ether oxygens (including phenoxy) is 4. The molecular weight excluding hydrogens is 334 g/mol. The first-order chi connectivity index (χ1) is 11.5. The minimum Gasteiger partial charge on any atom is -0.493 e. The molecule has 0 saturated carbocycles. The second kappa shape index (κ2) is 7.27. The quantitative estimate of drug-likeness (QED) is 0.879. The summed E-state index contributed by atoms with van der Waals surface area (Å²) in [6.07, 6.45) is -0.106. The molecule has 0 aromatic heterocycles. The third kappa shape index (κ3) is 4.00. The fourth-order valence-electron chi connectivity index (χ4n) is 2.54. The normalized spacial score (nSPS) is 24.0. The van der Waals surface area contributed by atoms with Crippen LogP contribution in [0.4, 0.5) is 0 Å². The molecule has 24 heavy (non-hydrogen) atoms. The van der Waals surface area contributed by atoms with Gasteiger partial charge in [-0.25, -0.2) is 0 Å². The van der Waals surface area contributed by atoms with Crippen LogP contribution in [0, 0.1) is 5.41 Å². The predicted molar refractivity (Wildman–Crippen MR) is 87.9 cm³/mol. The fraction of sp³-hybridized carbons (Fsp3) is 0.588. The molecule has 1 aromatic rings. The smallest absolute Gasteiger partial charge is 0.230 e. The Labute approximate surface area is 146 Å². The van der Waals surface area contributed by atoms with Crippen molar-refractivity contribution in [2.75, 3.05) is 26.4 Å². The first-order valence-corrected chi connectivity index (χ1v) is 8.41. The Morgan fingerprint density at radius 2 is 2.04 bits per heavy atom. The van der Waals surface area contributed by atoms with Gasteiger partial charge >= 0.3 is 0 Å². The third-order valence-electron chi connectivity index (χ3n) is 4.05. The summed E-state index contributed by atoms with van der Waals surface area (Å²) in [6, 6.07) is 5.32. The summed E-state index contributed by atoms with van der Waals surface area (Å²) in [5, 5.41) is 3.37. The maximum Gasteiger partial charge on any atom is 0.230 e. The standard InChI is InChI=1S/C17H22ClNO5/c1-17(2)10-24-15(19-16(17)20)12-9-11(3-4-13(12)18)21-6-5-14-22-7-8-23-14/h3-4,9,14-15H,5-8,10H2,1-2H3,(H,19,20)/t15-/m0/s1. The average molecular weight is 356 g/mol. The molecule has 1 N–H and O–H groups in total. The van der Waals surface area contributed by atoms with Crippen LogP contribution in [-0.4, -0.2) is 38.6 Å². The Kier molecular flexibility index (Phi) is 5.30. The summed E-state index contributed by atoms with van der Waals surface area (Å²) in [7, 11) is 0. The zero-order chi connectivity index (χ0) is 17.2. The van der Waals surface area contributed by atoms with Gasteiger partial charge in [-0.2, -0.15) is 0 Å². The Balaban J connectivity index is 1.62. The van der Waals surface area contributed by atoms with Crippen molar-refractivity contribution in [3.63, 3.8) is 0 Å². The summed E-state index contributed by atoms with van der Waals surface area (Å²) >= 11 is 6.26. The molecule has 132 valence electrons. The van der Waals surface area contributed by atoms with Crippen molar-refractivity contribution in [1.29, 1.82) is 0 Å². The van der Waals surface area contributed by atoms with E-state index in [4.69, 9.17) is 30.5 Å². The van der Waals surface area contributed by atoms with Crippen LogP contribution in [0.25, 0.3) is 0 Å². The lowest BCUT2D eigenvalue weighted by Gasteiger charge is -2.34. The van der Waals surface area contributed by atoms with Crippen LogP contribution in [0.2, 0.25) is 5.02 Å². The van der Waals surface area contributed by atoms with Crippen LogP contribution in [0.15, 0.2) is 18.2 Å². The maximum atomic E-state index is 12.1. The van der Waals surface area contributed by atoms with E-state index in [1.165, 1.54) is 0 Å². The first kappa shape index (κ1) is 17.5. The molecule has 0 spiro atoms. The van der Waals surface area contributed by atoms with Crippen molar-refractivity contribution in [1.82, 2.24) is 5.32 Å². The van der Waals surface area contributed by atoms with E-state index < -0.39 is 11.6 Å². The molecule has 2 aliphatic rings. The number of carbonyl (C=O) groups excluding carboxylic acids is 1. The Hall–Kier alpha value is -1.34. The molecular formula is C17H22ClNO5. The van der Waals surface area contributed by atoms with E-state index in [0.717, 1.165) is 0 Å². The van der Waals surface area contributed by atoms with Gasteiger partial charge in [-0.1, -0.05) is 11.6 Å². The van der Waals surface area contributed by atoms with Crippen molar-refractivity contribution in [2.45, 2.75) is 32.8 Å². The van der Waals surface area contributed by atoms with E-state index in [9.17, 15) is 4.79 Å². The van der Waals surface area contributed by atoms with E-state index in [1.807, 2.05) is 13.8 Å². The molecule has 6 nitrogen and oxygen atoms in total. The molecule has 0 aliphatic carbocycles. The van der Waals surface area contributed by atoms with Gasteiger partial charge in [-0.05, 0) is 32.0 Å². The maximum absolute atomic E-state index is 12.1. The van der Waals surface area contributed by atoms with Gasteiger partial charge in [0.05, 0.1) is 31.8 Å². The van der Waals surface area contributed by atoms with Gasteiger partial charge < -0.3 is 24.3 Å². The van der Waals surface area contributed by atoms with Crippen molar-refractivity contribution in [2.24, 2.45) is 5.41 Å². The summed E-state index contributed by atoms with van der Waals surface area (Å²) in [4.78, 5) is 12.1. The third-order valence-corrected chi connectivity index (χ3v) is 4.39. The Morgan fingerprint density at radius 1 is 1.29 bits per heavy atom. The molecule has 2 aliphatic heterocycles. The number of carbonyl (C=O) groups is 1.